The van der Waals surface area contributed by atoms with E-state index in [0.717, 1.165) is 22.7 Å². The fourth-order valence-electron chi connectivity index (χ4n) is 3.66. The van der Waals surface area contributed by atoms with Gasteiger partial charge in [0.05, 0.1) is 43.9 Å². The smallest absolute Gasteiger partial charge is 0.291 e. The highest BCUT2D eigenvalue weighted by Gasteiger charge is 2.14. The van der Waals surface area contributed by atoms with E-state index in [0.29, 0.717) is 43.5 Å². The average Bonchev–Trinajstić information content (AvgIpc) is 3.52. The first-order valence-electron chi connectivity index (χ1n) is 11.3. The van der Waals surface area contributed by atoms with Crippen molar-refractivity contribution in [2.75, 3.05) is 18.5 Å². The molecule has 0 atom stereocenters. The Hall–Kier alpha value is -4.01. The van der Waals surface area contributed by atoms with Crippen molar-refractivity contribution in [2.24, 2.45) is 0 Å². The monoisotopic (exact) mass is 463 g/mol. The Morgan fingerprint density at radius 1 is 1.03 bits per heavy atom. The van der Waals surface area contributed by atoms with E-state index in [-0.39, 0.29) is 11.7 Å². The summed E-state index contributed by atoms with van der Waals surface area (Å²) < 4.78 is 20.6. The number of hydrogen-bond acceptors (Lipinski definition) is 6. The lowest BCUT2D eigenvalue weighted by Gasteiger charge is -2.12. The fourth-order valence-corrected chi connectivity index (χ4v) is 3.66. The number of carbonyl (C=O) groups is 1. The maximum Gasteiger partial charge on any atom is 0.291 e. The number of hydrogen-bond donors (Lipinski definition) is 1. The molecule has 0 radical (unpaired) electrons. The van der Waals surface area contributed by atoms with E-state index in [1.807, 2.05) is 56.6 Å². The number of ether oxygens (including phenoxy) is 2. The number of nitrogens with zero attached hydrogens (tertiary/aromatic N) is 4. The molecule has 0 aliphatic heterocycles. The second-order valence-corrected chi connectivity index (χ2v) is 7.88. The number of aryl methyl sites for hydroxylation is 2. The second-order valence-electron chi connectivity index (χ2n) is 7.88. The second kappa shape index (κ2) is 10.3. The molecule has 4 aromatic rings. The van der Waals surface area contributed by atoms with Gasteiger partial charge in [0.1, 0.15) is 5.76 Å². The Kier molecular flexibility index (Phi) is 7.01. The normalized spacial score (nSPS) is 10.9. The molecule has 0 aliphatic rings. The highest BCUT2D eigenvalue weighted by Crippen LogP contribution is 2.29. The van der Waals surface area contributed by atoms with Gasteiger partial charge in [-0.1, -0.05) is 6.07 Å². The topological polar surface area (TPSA) is 96.3 Å². The van der Waals surface area contributed by atoms with Gasteiger partial charge in [0, 0.05) is 11.9 Å². The minimum atomic E-state index is -0.334. The lowest BCUT2D eigenvalue weighted by Crippen LogP contribution is -2.10. The molecule has 3 heterocycles. The third kappa shape index (κ3) is 5.48. The van der Waals surface area contributed by atoms with E-state index in [2.05, 4.69) is 15.5 Å². The van der Waals surface area contributed by atoms with Crippen molar-refractivity contribution in [2.45, 2.75) is 40.8 Å². The molecular formula is C25H29N5O4. The number of benzene rings is 1. The summed E-state index contributed by atoms with van der Waals surface area (Å²) in [5.41, 5.74) is 3.57. The average molecular weight is 464 g/mol. The maximum atomic E-state index is 12.6. The first-order chi connectivity index (χ1) is 16.4. The van der Waals surface area contributed by atoms with Crippen LogP contribution in [0.2, 0.25) is 0 Å². The molecule has 0 saturated heterocycles. The van der Waals surface area contributed by atoms with E-state index >= 15 is 0 Å². The summed E-state index contributed by atoms with van der Waals surface area (Å²) in [6.45, 7) is 9.92. The largest absolute Gasteiger partial charge is 0.490 e. The minimum Gasteiger partial charge on any atom is -0.490 e. The van der Waals surface area contributed by atoms with E-state index in [1.54, 1.807) is 29.2 Å². The maximum absolute atomic E-state index is 12.6. The molecule has 3 aromatic heterocycles. The van der Waals surface area contributed by atoms with Crippen molar-refractivity contribution < 1.29 is 18.7 Å². The third-order valence-electron chi connectivity index (χ3n) is 5.14. The van der Waals surface area contributed by atoms with Gasteiger partial charge in [-0.25, -0.2) is 0 Å². The van der Waals surface area contributed by atoms with E-state index < -0.39 is 0 Å². The molecule has 34 heavy (non-hydrogen) atoms. The van der Waals surface area contributed by atoms with Crippen LogP contribution in [0.15, 0.2) is 53.2 Å². The molecule has 0 saturated carbocycles. The van der Waals surface area contributed by atoms with Crippen molar-refractivity contribution in [1.82, 2.24) is 19.6 Å². The Labute approximate surface area is 198 Å². The number of rotatable bonds is 10. The minimum absolute atomic E-state index is 0.233. The van der Waals surface area contributed by atoms with Crippen LogP contribution in [0.1, 0.15) is 47.1 Å². The summed E-state index contributed by atoms with van der Waals surface area (Å²) in [6.07, 6.45) is 3.38. The van der Waals surface area contributed by atoms with Crippen molar-refractivity contribution in [3.05, 3.63) is 77.3 Å². The molecule has 1 N–H and O–H groups in total. The van der Waals surface area contributed by atoms with Gasteiger partial charge in [0.15, 0.2) is 17.3 Å². The summed E-state index contributed by atoms with van der Waals surface area (Å²) in [5.74, 6) is 1.98. The summed E-state index contributed by atoms with van der Waals surface area (Å²) in [5, 5.41) is 11.6. The number of carbonyl (C=O) groups excluding carboxylic acids is 1. The Balaban J connectivity index is 1.38. The molecule has 0 fully saturated rings. The molecule has 0 aliphatic carbocycles. The van der Waals surface area contributed by atoms with Crippen LogP contribution in [0.25, 0.3) is 0 Å². The highest BCUT2D eigenvalue weighted by atomic mass is 16.5. The lowest BCUT2D eigenvalue weighted by atomic mass is 10.2. The van der Waals surface area contributed by atoms with Crippen molar-refractivity contribution in [3.63, 3.8) is 0 Å². The van der Waals surface area contributed by atoms with Crippen molar-refractivity contribution in [1.29, 1.82) is 0 Å². The van der Waals surface area contributed by atoms with Gasteiger partial charge >= 0.3 is 0 Å². The van der Waals surface area contributed by atoms with Gasteiger partial charge < -0.3 is 19.2 Å². The fraction of sp³-hybridized carbons (Fsp3) is 0.320. The molecule has 4 rings (SSSR count). The van der Waals surface area contributed by atoms with Crippen LogP contribution >= 0.6 is 0 Å². The van der Waals surface area contributed by atoms with E-state index in [4.69, 9.17) is 13.9 Å². The molecule has 0 bridgehead atoms. The molecule has 0 spiro atoms. The van der Waals surface area contributed by atoms with Crippen LogP contribution in [-0.2, 0) is 13.1 Å². The van der Waals surface area contributed by atoms with Crippen LogP contribution in [0.4, 0.5) is 5.69 Å². The number of furan rings is 1. The zero-order valence-corrected chi connectivity index (χ0v) is 19.9. The van der Waals surface area contributed by atoms with Gasteiger partial charge in [-0.3, -0.25) is 14.2 Å². The van der Waals surface area contributed by atoms with Gasteiger partial charge in [0.2, 0.25) is 0 Å². The lowest BCUT2D eigenvalue weighted by molar-refractivity contribution is 0.0994. The molecule has 0 unspecified atom stereocenters. The van der Waals surface area contributed by atoms with Crippen LogP contribution < -0.4 is 14.8 Å². The van der Waals surface area contributed by atoms with Gasteiger partial charge in [-0.2, -0.15) is 10.2 Å². The van der Waals surface area contributed by atoms with Crippen LogP contribution in [0.3, 0.4) is 0 Å². The SMILES string of the molecule is CCOc1ccc(Cn2cc(NC(=O)c3ccc(Cn4nc(C)cc4C)o3)cn2)cc1OCC. The quantitative estimate of drug-likeness (QED) is 0.374. The molecule has 9 nitrogen and oxygen atoms in total. The van der Waals surface area contributed by atoms with Gasteiger partial charge in [0.25, 0.3) is 5.91 Å². The van der Waals surface area contributed by atoms with Gasteiger partial charge in [-0.15, -0.1) is 0 Å². The predicted octanol–water partition coefficient (Wildman–Crippen LogP) is 4.44. The first-order valence-corrected chi connectivity index (χ1v) is 11.3. The van der Waals surface area contributed by atoms with Crippen LogP contribution in [0, 0.1) is 13.8 Å². The van der Waals surface area contributed by atoms with E-state index in [9.17, 15) is 4.79 Å². The molecule has 178 valence electrons. The predicted molar refractivity (Wildman–Crippen MR) is 128 cm³/mol. The standard InChI is InChI=1S/C25H29N5O4/c1-5-32-22-9-7-19(12-24(22)33-6-2)14-29-15-20(13-26-29)27-25(31)23-10-8-21(34-23)16-30-18(4)11-17(3)28-30/h7-13,15H,5-6,14,16H2,1-4H3,(H,27,31). The Morgan fingerprint density at radius 2 is 1.82 bits per heavy atom. The summed E-state index contributed by atoms with van der Waals surface area (Å²) >= 11 is 0. The zero-order chi connectivity index (χ0) is 24.1. The van der Waals surface area contributed by atoms with Crippen LogP contribution in [0.5, 0.6) is 11.5 Å². The number of aromatic nitrogens is 4. The van der Waals surface area contributed by atoms with Crippen LogP contribution in [-0.4, -0.2) is 38.7 Å². The number of anilines is 1. The third-order valence-corrected chi connectivity index (χ3v) is 5.14. The Morgan fingerprint density at radius 3 is 2.56 bits per heavy atom. The summed E-state index contributed by atoms with van der Waals surface area (Å²) in [6, 6.07) is 11.3. The van der Waals surface area contributed by atoms with Crippen molar-refractivity contribution in [3.8, 4) is 11.5 Å². The van der Waals surface area contributed by atoms with Gasteiger partial charge in [-0.05, 0) is 63.6 Å². The molecule has 1 amide bonds. The first kappa shape index (κ1) is 23.2. The molecule has 1 aromatic carbocycles. The van der Waals surface area contributed by atoms with Crippen molar-refractivity contribution >= 4 is 11.6 Å². The highest BCUT2D eigenvalue weighted by molar-refractivity contribution is 6.02. The zero-order valence-electron chi connectivity index (χ0n) is 19.9. The number of amides is 1. The number of nitrogens with one attached hydrogen (secondary N) is 1. The summed E-state index contributed by atoms with van der Waals surface area (Å²) in [4.78, 5) is 12.6. The molecular weight excluding hydrogens is 434 g/mol. The van der Waals surface area contributed by atoms with E-state index in [1.165, 1.54) is 0 Å². The summed E-state index contributed by atoms with van der Waals surface area (Å²) in [7, 11) is 0. The Bertz CT molecular complexity index is 1270. The molecule has 9 heteroatoms.